The van der Waals surface area contributed by atoms with Crippen LogP contribution in [0.4, 0.5) is 0 Å². The largest absolute Gasteiger partial charge is 0.420 e. The number of hydrogen-bond acceptors (Lipinski definition) is 5. The minimum absolute atomic E-state index is 0.0141. The van der Waals surface area contributed by atoms with Gasteiger partial charge in [0.2, 0.25) is 5.91 Å². The Hall–Kier alpha value is -2.12. The number of benzene rings is 1. The Balaban J connectivity index is 1.37. The number of carbonyl (C=O) groups excluding carboxylic acids is 1. The van der Waals surface area contributed by atoms with Crippen molar-refractivity contribution in [2.75, 3.05) is 33.4 Å². The van der Waals surface area contributed by atoms with Crippen LogP contribution in [-0.4, -0.2) is 54.4 Å². The van der Waals surface area contributed by atoms with Crippen molar-refractivity contribution in [3.05, 3.63) is 34.8 Å². The molecular formula is C21H28N2O5. The van der Waals surface area contributed by atoms with Gasteiger partial charge in [0, 0.05) is 33.4 Å². The Morgan fingerprint density at radius 3 is 2.86 bits per heavy atom. The smallest absolute Gasteiger partial charge is 0.408 e. The molecule has 3 heterocycles. The molecule has 1 unspecified atom stereocenters. The molecule has 2 fully saturated rings. The van der Waals surface area contributed by atoms with Gasteiger partial charge in [-0.25, -0.2) is 4.79 Å². The number of fused-ring (bicyclic) bond motifs is 1. The molecule has 2 saturated heterocycles. The predicted octanol–water partition coefficient (Wildman–Crippen LogP) is 2.42. The maximum absolute atomic E-state index is 12.8. The summed E-state index contributed by atoms with van der Waals surface area (Å²) < 4.78 is 18.1. The first-order chi connectivity index (χ1) is 13.6. The van der Waals surface area contributed by atoms with Crippen molar-refractivity contribution < 1.29 is 18.7 Å². The summed E-state index contributed by atoms with van der Waals surface area (Å²) in [5, 5.41) is 0. The van der Waals surface area contributed by atoms with E-state index in [0.29, 0.717) is 30.1 Å². The summed E-state index contributed by atoms with van der Waals surface area (Å²) in [6.07, 6.45) is 4.90. The molecule has 4 rings (SSSR count). The number of rotatable bonds is 5. The molecule has 152 valence electrons. The molecule has 0 N–H and O–H groups in total. The van der Waals surface area contributed by atoms with E-state index in [1.54, 1.807) is 19.2 Å². The number of amides is 1. The summed E-state index contributed by atoms with van der Waals surface area (Å²) in [6, 6.07) is 7.19. The highest BCUT2D eigenvalue weighted by atomic mass is 16.5. The molecule has 2 aliphatic rings. The van der Waals surface area contributed by atoms with Crippen LogP contribution in [0.1, 0.15) is 32.1 Å². The summed E-state index contributed by atoms with van der Waals surface area (Å²) in [6.45, 7) is 2.93. The maximum atomic E-state index is 12.8. The van der Waals surface area contributed by atoms with Crippen LogP contribution in [0.25, 0.3) is 11.1 Å². The van der Waals surface area contributed by atoms with Crippen LogP contribution in [0.15, 0.2) is 33.5 Å². The minimum atomic E-state index is -0.486. The van der Waals surface area contributed by atoms with Crippen LogP contribution in [-0.2, 0) is 20.8 Å². The summed E-state index contributed by atoms with van der Waals surface area (Å²) in [4.78, 5) is 26.8. The van der Waals surface area contributed by atoms with E-state index in [1.165, 1.54) is 4.57 Å². The average Bonchev–Trinajstić information content (AvgIpc) is 3.02. The van der Waals surface area contributed by atoms with Crippen molar-refractivity contribution in [1.82, 2.24) is 9.47 Å². The molecule has 0 bridgehead atoms. The maximum Gasteiger partial charge on any atom is 0.420 e. The van der Waals surface area contributed by atoms with Crippen molar-refractivity contribution in [3.63, 3.8) is 0 Å². The van der Waals surface area contributed by atoms with Crippen LogP contribution in [0.2, 0.25) is 0 Å². The van der Waals surface area contributed by atoms with Crippen LogP contribution in [0.3, 0.4) is 0 Å². The topological polar surface area (TPSA) is 73.9 Å². The molecule has 1 amide bonds. The van der Waals surface area contributed by atoms with Gasteiger partial charge in [0.15, 0.2) is 5.58 Å². The number of hydrogen-bond donors (Lipinski definition) is 0. The number of oxazole rings is 1. The predicted molar refractivity (Wildman–Crippen MR) is 104 cm³/mol. The van der Waals surface area contributed by atoms with E-state index in [1.807, 2.05) is 17.0 Å². The van der Waals surface area contributed by atoms with Gasteiger partial charge in [-0.1, -0.05) is 12.1 Å². The Morgan fingerprint density at radius 2 is 2.07 bits per heavy atom. The molecule has 0 saturated carbocycles. The third-order valence-corrected chi connectivity index (χ3v) is 6.22. The molecule has 0 radical (unpaired) electrons. The molecule has 2 aromatic rings. The third kappa shape index (κ3) is 3.86. The lowest BCUT2D eigenvalue weighted by atomic mass is 9.78. The number of methoxy groups -OCH3 is 1. The number of piperidine rings is 1. The van der Waals surface area contributed by atoms with Crippen molar-refractivity contribution >= 4 is 17.0 Å². The van der Waals surface area contributed by atoms with Crippen LogP contribution >= 0.6 is 0 Å². The first-order valence-corrected chi connectivity index (χ1v) is 10.1. The Bertz CT molecular complexity index is 878. The number of carbonyl (C=O) groups is 1. The first-order valence-electron chi connectivity index (χ1n) is 10.1. The second-order valence-corrected chi connectivity index (χ2v) is 7.97. The van der Waals surface area contributed by atoms with Crippen molar-refractivity contribution in [3.8, 4) is 0 Å². The van der Waals surface area contributed by atoms with Crippen LogP contribution in [0.5, 0.6) is 0 Å². The molecule has 1 aromatic carbocycles. The Labute approximate surface area is 164 Å². The summed E-state index contributed by atoms with van der Waals surface area (Å²) in [5.41, 5.74) is 1.06. The molecule has 28 heavy (non-hydrogen) atoms. The summed E-state index contributed by atoms with van der Waals surface area (Å²) in [7, 11) is 1.74. The van der Waals surface area contributed by atoms with Crippen LogP contribution < -0.4 is 5.76 Å². The Kier molecular flexibility index (Phi) is 5.55. The molecule has 2 aliphatic heterocycles. The van der Waals surface area contributed by atoms with E-state index in [0.717, 1.165) is 45.3 Å². The van der Waals surface area contributed by atoms with Crippen LogP contribution in [0, 0.1) is 5.92 Å². The SMILES string of the molecule is COCCC1CCOC2(CCN(C(=O)Cn3c(=O)oc4ccccc43)CC2)C1. The van der Waals surface area contributed by atoms with Crippen molar-refractivity contribution in [2.45, 2.75) is 44.2 Å². The fraction of sp³-hybridized carbons (Fsp3) is 0.619. The van der Waals surface area contributed by atoms with Gasteiger partial charge >= 0.3 is 5.76 Å². The van der Waals surface area contributed by atoms with E-state index in [-0.39, 0.29) is 18.1 Å². The third-order valence-electron chi connectivity index (χ3n) is 6.22. The van der Waals surface area contributed by atoms with E-state index in [9.17, 15) is 9.59 Å². The fourth-order valence-corrected chi connectivity index (χ4v) is 4.57. The quantitative estimate of drug-likeness (QED) is 0.786. The number of likely N-dealkylation sites (tertiary alicyclic amines) is 1. The van der Waals surface area contributed by atoms with E-state index >= 15 is 0 Å². The molecular weight excluding hydrogens is 360 g/mol. The number of nitrogens with zero attached hydrogens (tertiary/aromatic N) is 2. The van der Waals surface area contributed by atoms with E-state index in [4.69, 9.17) is 13.9 Å². The van der Waals surface area contributed by atoms with Gasteiger partial charge in [0.25, 0.3) is 0 Å². The van der Waals surface area contributed by atoms with Gasteiger partial charge in [0.1, 0.15) is 6.54 Å². The molecule has 0 aliphatic carbocycles. The first kappa shape index (κ1) is 19.2. The summed E-state index contributed by atoms with van der Waals surface area (Å²) >= 11 is 0. The van der Waals surface area contributed by atoms with Gasteiger partial charge in [0.05, 0.1) is 11.1 Å². The zero-order valence-electron chi connectivity index (χ0n) is 16.4. The van der Waals surface area contributed by atoms with E-state index in [2.05, 4.69) is 0 Å². The van der Waals surface area contributed by atoms with Gasteiger partial charge in [-0.2, -0.15) is 0 Å². The van der Waals surface area contributed by atoms with Gasteiger partial charge in [-0.3, -0.25) is 9.36 Å². The highest BCUT2D eigenvalue weighted by Crippen LogP contribution is 2.38. The molecule has 1 aromatic heterocycles. The van der Waals surface area contributed by atoms with Crippen molar-refractivity contribution in [1.29, 1.82) is 0 Å². The van der Waals surface area contributed by atoms with E-state index < -0.39 is 5.76 Å². The highest BCUT2D eigenvalue weighted by molar-refractivity contribution is 5.79. The summed E-state index contributed by atoms with van der Waals surface area (Å²) in [5.74, 6) is 0.0988. The van der Waals surface area contributed by atoms with Crippen molar-refractivity contribution in [2.24, 2.45) is 5.92 Å². The fourth-order valence-electron chi connectivity index (χ4n) is 4.57. The second-order valence-electron chi connectivity index (χ2n) is 7.97. The number of ether oxygens (including phenoxy) is 2. The normalized spacial score (nSPS) is 22.0. The lowest BCUT2D eigenvalue weighted by Gasteiger charge is -2.46. The molecule has 7 heteroatoms. The lowest BCUT2D eigenvalue weighted by Crippen LogP contribution is -2.51. The molecule has 1 atom stereocenters. The van der Waals surface area contributed by atoms with Gasteiger partial charge < -0.3 is 18.8 Å². The monoisotopic (exact) mass is 388 g/mol. The zero-order chi connectivity index (χ0) is 19.6. The van der Waals surface area contributed by atoms with Gasteiger partial charge in [-0.05, 0) is 50.2 Å². The van der Waals surface area contributed by atoms with Gasteiger partial charge in [-0.15, -0.1) is 0 Å². The highest BCUT2D eigenvalue weighted by Gasteiger charge is 2.41. The zero-order valence-corrected chi connectivity index (χ0v) is 16.4. The Morgan fingerprint density at radius 1 is 1.29 bits per heavy atom. The lowest BCUT2D eigenvalue weighted by molar-refractivity contribution is -0.148. The number of aromatic nitrogens is 1. The average molecular weight is 388 g/mol. The second kappa shape index (κ2) is 8.09. The molecule has 1 spiro atoms. The number of para-hydroxylation sites is 2. The molecule has 7 nitrogen and oxygen atoms in total. The minimum Gasteiger partial charge on any atom is -0.408 e. The standard InChI is InChI=1S/C21H28N2O5/c1-26-12-6-16-7-13-27-21(14-16)8-10-22(11-9-21)19(24)15-23-17-4-2-3-5-18(17)28-20(23)25/h2-5,16H,6-15H2,1H3.